The van der Waals surface area contributed by atoms with Gasteiger partial charge in [-0.25, -0.2) is 0 Å². The van der Waals surface area contributed by atoms with Crippen LogP contribution in [0.4, 0.5) is 0 Å². The summed E-state index contributed by atoms with van der Waals surface area (Å²) in [6.45, 7) is 8.28. The molecule has 2 aromatic rings. The zero-order chi connectivity index (χ0) is 18.6. The molecule has 0 amide bonds. The molecule has 150 valence electrons. The molecular formula is C20H32IN5O. The van der Waals surface area contributed by atoms with Gasteiger partial charge in [-0.1, -0.05) is 38.1 Å². The highest BCUT2D eigenvalue weighted by atomic mass is 127. The summed E-state index contributed by atoms with van der Waals surface area (Å²) >= 11 is 0. The Labute approximate surface area is 179 Å². The van der Waals surface area contributed by atoms with Gasteiger partial charge in [0.25, 0.3) is 0 Å². The molecule has 0 atom stereocenters. The van der Waals surface area contributed by atoms with Crippen LogP contribution in [0.3, 0.4) is 0 Å². The van der Waals surface area contributed by atoms with Crippen LogP contribution in [0.1, 0.15) is 31.4 Å². The second kappa shape index (κ2) is 13.5. The van der Waals surface area contributed by atoms with Gasteiger partial charge in [-0.05, 0) is 29.5 Å². The van der Waals surface area contributed by atoms with Crippen LogP contribution < -0.4 is 10.6 Å². The molecule has 0 unspecified atom stereocenters. The molecule has 0 radical (unpaired) electrons. The Bertz CT molecular complexity index is 658. The Hall–Kier alpha value is -1.61. The quantitative estimate of drug-likeness (QED) is 0.235. The van der Waals surface area contributed by atoms with E-state index in [9.17, 15) is 0 Å². The van der Waals surface area contributed by atoms with Crippen molar-refractivity contribution >= 4 is 29.9 Å². The number of ether oxygens (including phenoxy) is 1. The third kappa shape index (κ3) is 9.76. The SMILES string of the molecule is CN=C(NCCCOCC(C)C)NCc1cccc(Cn2cccn2)c1.I. The molecule has 1 heterocycles. The van der Waals surface area contributed by atoms with E-state index in [0.717, 1.165) is 45.2 Å². The number of hydrogen-bond donors (Lipinski definition) is 2. The van der Waals surface area contributed by atoms with E-state index in [1.807, 2.05) is 16.9 Å². The lowest BCUT2D eigenvalue weighted by atomic mass is 10.1. The molecule has 0 aliphatic rings. The van der Waals surface area contributed by atoms with Gasteiger partial charge in [-0.15, -0.1) is 24.0 Å². The molecule has 2 N–H and O–H groups in total. The Balaban J connectivity index is 0.00000364. The average Bonchev–Trinajstić information content (AvgIpc) is 3.13. The molecule has 0 saturated carbocycles. The van der Waals surface area contributed by atoms with Crippen LogP contribution in [0, 0.1) is 5.92 Å². The predicted octanol–water partition coefficient (Wildman–Crippen LogP) is 3.28. The van der Waals surface area contributed by atoms with Crippen molar-refractivity contribution in [2.45, 2.75) is 33.4 Å². The van der Waals surface area contributed by atoms with Crippen molar-refractivity contribution in [1.82, 2.24) is 20.4 Å². The molecule has 0 bridgehead atoms. The van der Waals surface area contributed by atoms with Gasteiger partial charge in [0.05, 0.1) is 6.54 Å². The zero-order valence-corrected chi connectivity index (χ0v) is 18.8. The van der Waals surface area contributed by atoms with Crippen molar-refractivity contribution in [2.75, 3.05) is 26.8 Å². The van der Waals surface area contributed by atoms with Crippen LogP contribution in [0.2, 0.25) is 0 Å². The van der Waals surface area contributed by atoms with Crippen LogP contribution in [0.5, 0.6) is 0 Å². The maximum Gasteiger partial charge on any atom is 0.191 e. The summed E-state index contributed by atoms with van der Waals surface area (Å²) in [5.41, 5.74) is 2.45. The van der Waals surface area contributed by atoms with Gasteiger partial charge in [0, 0.05) is 45.7 Å². The van der Waals surface area contributed by atoms with Crippen molar-refractivity contribution < 1.29 is 4.74 Å². The summed E-state index contributed by atoms with van der Waals surface area (Å²) in [6, 6.07) is 10.5. The number of guanidine groups is 1. The molecule has 0 aliphatic carbocycles. The number of aromatic nitrogens is 2. The van der Waals surface area contributed by atoms with Gasteiger partial charge in [0.1, 0.15) is 0 Å². The summed E-state index contributed by atoms with van der Waals surface area (Å²) in [6.07, 6.45) is 4.74. The minimum atomic E-state index is 0. The van der Waals surface area contributed by atoms with E-state index < -0.39 is 0 Å². The van der Waals surface area contributed by atoms with E-state index in [1.54, 1.807) is 13.2 Å². The number of aliphatic imine (C=N–C) groups is 1. The first-order valence-electron chi connectivity index (χ1n) is 9.25. The maximum atomic E-state index is 5.59. The minimum absolute atomic E-state index is 0. The number of nitrogens with zero attached hydrogens (tertiary/aromatic N) is 3. The first-order chi connectivity index (χ1) is 12.7. The fraction of sp³-hybridized carbons (Fsp3) is 0.500. The van der Waals surface area contributed by atoms with E-state index in [-0.39, 0.29) is 24.0 Å². The molecule has 0 saturated heterocycles. The highest BCUT2D eigenvalue weighted by molar-refractivity contribution is 14.0. The zero-order valence-electron chi connectivity index (χ0n) is 16.5. The molecular weight excluding hydrogens is 453 g/mol. The summed E-state index contributed by atoms with van der Waals surface area (Å²) in [5, 5.41) is 10.9. The van der Waals surface area contributed by atoms with Gasteiger partial charge >= 0.3 is 0 Å². The van der Waals surface area contributed by atoms with Gasteiger partial charge in [0.15, 0.2) is 5.96 Å². The van der Waals surface area contributed by atoms with E-state index in [0.29, 0.717) is 5.92 Å². The van der Waals surface area contributed by atoms with Crippen LogP contribution in [0.15, 0.2) is 47.7 Å². The summed E-state index contributed by atoms with van der Waals surface area (Å²) in [4.78, 5) is 4.27. The highest BCUT2D eigenvalue weighted by Gasteiger charge is 2.01. The van der Waals surface area contributed by atoms with E-state index in [1.165, 1.54) is 11.1 Å². The van der Waals surface area contributed by atoms with Gasteiger partial charge in [-0.3, -0.25) is 9.67 Å². The Morgan fingerprint density at radius 3 is 2.74 bits per heavy atom. The Kier molecular flexibility index (Phi) is 11.8. The third-order valence-electron chi connectivity index (χ3n) is 3.79. The topological polar surface area (TPSA) is 63.5 Å². The fourth-order valence-electron chi connectivity index (χ4n) is 2.53. The first-order valence-corrected chi connectivity index (χ1v) is 9.25. The largest absolute Gasteiger partial charge is 0.381 e. The second-order valence-electron chi connectivity index (χ2n) is 6.70. The second-order valence-corrected chi connectivity index (χ2v) is 6.70. The smallest absolute Gasteiger partial charge is 0.191 e. The lowest BCUT2D eigenvalue weighted by molar-refractivity contribution is 0.108. The Morgan fingerprint density at radius 2 is 2.04 bits per heavy atom. The van der Waals surface area contributed by atoms with Crippen LogP contribution in [-0.2, 0) is 17.8 Å². The molecule has 6 nitrogen and oxygen atoms in total. The lowest BCUT2D eigenvalue weighted by Crippen LogP contribution is -2.37. The molecule has 2 rings (SSSR count). The number of hydrogen-bond acceptors (Lipinski definition) is 3. The van der Waals surface area contributed by atoms with E-state index in [4.69, 9.17) is 4.74 Å². The normalized spacial score (nSPS) is 11.3. The van der Waals surface area contributed by atoms with Crippen LogP contribution in [-0.4, -0.2) is 42.5 Å². The minimum Gasteiger partial charge on any atom is -0.381 e. The number of benzene rings is 1. The molecule has 1 aromatic heterocycles. The van der Waals surface area contributed by atoms with Crippen molar-refractivity contribution in [3.05, 3.63) is 53.9 Å². The number of rotatable bonds is 10. The molecule has 0 spiro atoms. The average molecular weight is 485 g/mol. The highest BCUT2D eigenvalue weighted by Crippen LogP contribution is 2.07. The lowest BCUT2D eigenvalue weighted by Gasteiger charge is -2.13. The molecule has 0 aliphatic heterocycles. The monoisotopic (exact) mass is 485 g/mol. The number of halogens is 1. The van der Waals surface area contributed by atoms with Gasteiger partial charge < -0.3 is 15.4 Å². The summed E-state index contributed by atoms with van der Waals surface area (Å²) in [5.74, 6) is 1.40. The first kappa shape index (κ1) is 23.4. The summed E-state index contributed by atoms with van der Waals surface area (Å²) < 4.78 is 7.51. The molecule has 0 fully saturated rings. The summed E-state index contributed by atoms with van der Waals surface area (Å²) in [7, 11) is 1.79. The van der Waals surface area contributed by atoms with Crippen molar-refractivity contribution in [2.24, 2.45) is 10.9 Å². The van der Waals surface area contributed by atoms with Crippen molar-refractivity contribution in [1.29, 1.82) is 0 Å². The standard InChI is InChI=1S/C20H31N5O.HI/c1-17(2)16-26-12-6-9-22-20(21-3)23-14-18-7-4-8-19(13-18)15-25-11-5-10-24-25;/h4-5,7-8,10-11,13,17H,6,9,12,14-16H2,1-3H3,(H2,21,22,23);1H. The third-order valence-corrected chi connectivity index (χ3v) is 3.79. The predicted molar refractivity (Wildman–Crippen MR) is 122 cm³/mol. The van der Waals surface area contributed by atoms with Crippen LogP contribution >= 0.6 is 24.0 Å². The fourth-order valence-corrected chi connectivity index (χ4v) is 2.53. The van der Waals surface area contributed by atoms with E-state index >= 15 is 0 Å². The van der Waals surface area contributed by atoms with Gasteiger partial charge in [-0.2, -0.15) is 5.10 Å². The van der Waals surface area contributed by atoms with E-state index in [2.05, 4.69) is 58.8 Å². The number of nitrogens with one attached hydrogen (secondary N) is 2. The van der Waals surface area contributed by atoms with Crippen LogP contribution in [0.25, 0.3) is 0 Å². The van der Waals surface area contributed by atoms with Crippen molar-refractivity contribution in [3.63, 3.8) is 0 Å². The maximum absolute atomic E-state index is 5.59. The molecule has 7 heteroatoms. The molecule has 27 heavy (non-hydrogen) atoms. The van der Waals surface area contributed by atoms with Gasteiger partial charge in [0.2, 0.25) is 0 Å². The Morgan fingerprint density at radius 1 is 1.22 bits per heavy atom. The van der Waals surface area contributed by atoms with Crippen molar-refractivity contribution in [3.8, 4) is 0 Å². The molecule has 1 aromatic carbocycles.